The summed E-state index contributed by atoms with van der Waals surface area (Å²) >= 11 is 0. The van der Waals surface area contributed by atoms with Crippen LogP contribution in [0, 0.1) is 22.7 Å². The van der Waals surface area contributed by atoms with Gasteiger partial charge in [-0.05, 0) is 43.4 Å². The summed E-state index contributed by atoms with van der Waals surface area (Å²) in [6.07, 6.45) is 6.70. The van der Waals surface area contributed by atoms with Crippen LogP contribution in [-0.2, 0) is 9.53 Å². The lowest BCUT2D eigenvalue weighted by atomic mass is 9.46. The molecule has 1 saturated heterocycles. The molecular weight excluding hydrogens is 224 g/mol. The standard InChI is InChI=1S/C16H26O2/c1-11-6-7-12-14(2,3)8-5-9-16(12)15(11,4)10-13(17)18-16/h11-12H,5-10H2,1-4H3/t11-,12?,15+,16?/m0/s1. The van der Waals surface area contributed by atoms with E-state index in [1.165, 1.54) is 25.7 Å². The monoisotopic (exact) mass is 250 g/mol. The van der Waals surface area contributed by atoms with E-state index < -0.39 is 0 Å². The van der Waals surface area contributed by atoms with Crippen LogP contribution in [0.5, 0.6) is 0 Å². The fraction of sp³-hybridized carbons (Fsp3) is 0.938. The summed E-state index contributed by atoms with van der Waals surface area (Å²) in [4.78, 5) is 12.0. The Bertz CT molecular complexity index is 387. The Morgan fingerprint density at radius 2 is 1.89 bits per heavy atom. The molecular formula is C16H26O2. The molecule has 0 aromatic carbocycles. The van der Waals surface area contributed by atoms with E-state index in [4.69, 9.17) is 4.74 Å². The predicted octanol–water partition coefficient (Wildman–Crippen LogP) is 3.93. The van der Waals surface area contributed by atoms with Gasteiger partial charge in [0.2, 0.25) is 0 Å². The van der Waals surface area contributed by atoms with Gasteiger partial charge in [-0.1, -0.05) is 27.7 Å². The molecule has 102 valence electrons. The van der Waals surface area contributed by atoms with Crippen LogP contribution >= 0.6 is 0 Å². The molecule has 1 spiro atoms. The first kappa shape index (κ1) is 12.5. The second-order valence-electron chi connectivity index (χ2n) is 7.83. The van der Waals surface area contributed by atoms with Crippen LogP contribution < -0.4 is 0 Å². The van der Waals surface area contributed by atoms with Gasteiger partial charge in [0.05, 0.1) is 6.42 Å². The lowest BCUT2D eigenvalue weighted by Crippen LogP contribution is -2.61. The molecule has 0 aromatic rings. The molecule has 1 heterocycles. The summed E-state index contributed by atoms with van der Waals surface area (Å²) in [5, 5.41) is 0. The SMILES string of the molecule is C[C@H]1CCC2C(C)(C)CCCC23OC(=O)C[C@]13C. The highest BCUT2D eigenvalue weighted by atomic mass is 16.6. The largest absolute Gasteiger partial charge is 0.458 e. The lowest BCUT2D eigenvalue weighted by Gasteiger charge is -2.60. The van der Waals surface area contributed by atoms with E-state index in [9.17, 15) is 4.79 Å². The summed E-state index contributed by atoms with van der Waals surface area (Å²) in [7, 11) is 0. The fourth-order valence-corrected chi connectivity index (χ4v) is 5.35. The molecule has 2 unspecified atom stereocenters. The maximum absolute atomic E-state index is 12.0. The maximum Gasteiger partial charge on any atom is 0.307 e. The number of hydrogen-bond donors (Lipinski definition) is 0. The van der Waals surface area contributed by atoms with Crippen molar-refractivity contribution in [2.24, 2.45) is 22.7 Å². The summed E-state index contributed by atoms with van der Waals surface area (Å²) in [5.74, 6) is 1.22. The van der Waals surface area contributed by atoms with Gasteiger partial charge in [-0.3, -0.25) is 4.79 Å². The van der Waals surface area contributed by atoms with Crippen LogP contribution in [0.2, 0.25) is 0 Å². The molecule has 2 nitrogen and oxygen atoms in total. The molecule has 0 aromatic heterocycles. The maximum atomic E-state index is 12.0. The number of carbonyl (C=O) groups is 1. The zero-order chi connectivity index (χ0) is 13.2. The number of hydrogen-bond acceptors (Lipinski definition) is 2. The first-order valence-corrected chi connectivity index (χ1v) is 7.54. The van der Waals surface area contributed by atoms with Crippen molar-refractivity contribution in [3.8, 4) is 0 Å². The van der Waals surface area contributed by atoms with Crippen LogP contribution in [0.4, 0.5) is 0 Å². The quantitative estimate of drug-likeness (QED) is 0.609. The number of ether oxygens (including phenoxy) is 1. The van der Waals surface area contributed by atoms with E-state index in [-0.39, 0.29) is 17.0 Å². The number of rotatable bonds is 0. The van der Waals surface area contributed by atoms with Gasteiger partial charge in [0, 0.05) is 11.3 Å². The minimum Gasteiger partial charge on any atom is -0.458 e. The number of carbonyl (C=O) groups excluding carboxylic acids is 1. The fourth-order valence-electron chi connectivity index (χ4n) is 5.35. The van der Waals surface area contributed by atoms with Crippen molar-refractivity contribution in [3.63, 3.8) is 0 Å². The Morgan fingerprint density at radius 3 is 2.61 bits per heavy atom. The third-order valence-electron chi connectivity index (χ3n) is 6.63. The molecule has 0 radical (unpaired) electrons. The molecule has 0 amide bonds. The van der Waals surface area contributed by atoms with E-state index in [1.54, 1.807) is 0 Å². The first-order valence-electron chi connectivity index (χ1n) is 7.54. The average molecular weight is 250 g/mol. The summed E-state index contributed by atoms with van der Waals surface area (Å²) < 4.78 is 6.03. The van der Waals surface area contributed by atoms with Crippen LogP contribution in [0.1, 0.15) is 66.2 Å². The number of esters is 1. The van der Waals surface area contributed by atoms with Crippen molar-refractivity contribution < 1.29 is 9.53 Å². The first-order chi connectivity index (χ1) is 8.32. The van der Waals surface area contributed by atoms with Gasteiger partial charge in [0.15, 0.2) is 0 Å². The smallest absolute Gasteiger partial charge is 0.307 e. The highest BCUT2D eigenvalue weighted by Gasteiger charge is 2.68. The summed E-state index contributed by atoms with van der Waals surface area (Å²) in [6, 6.07) is 0. The normalized spacial score (nSPS) is 50.3. The molecule has 2 saturated carbocycles. The van der Waals surface area contributed by atoms with Crippen LogP contribution in [0.15, 0.2) is 0 Å². The molecule has 2 heteroatoms. The molecule has 3 fully saturated rings. The minimum atomic E-state index is -0.149. The highest BCUT2D eigenvalue weighted by Crippen LogP contribution is 2.66. The van der Waals surface area contributed by atoms with Crippen molar-refractivity contribution in [3.05, 3.63) is 0 Å². The van der Waals surface area contributed by atoms with Crippen LogP contribution in [-0.4, -0.2) is 11.6 Å². The molecule has 3 aliphatic rings. The molecule has 18 heavy (non-hydrogen) atoms. The average Bonchev–Trinajstić information content (AvgIpc) is 2.50. The molecule has 0 N–H and O–H groups in total. The van der Waals surface area contributed by atoms with E-state index >= 15 is 0 Å². The summed E-state index contributed by atoms with van der Waals surface area (Å²) in [5.41, 5.74) is 0.248. The second kappa shape index (κ2) is 3.52. The van der Waals surface area contributed by atoms with E-state index in [0.29, 0.717) is 23.7 Å². The molecule has 4 atom stereocenters. The lowest BCUT2D eigenvalue weighted by molar-refractivity contribution is -0.202. The zero-order valence-corrected chi connectivity index (χ0v) is 12.2. The van der Waals surface area contributed by atoms with Gasteiger partial charge < -0.3 is 4.74 Å². The Kier molecular flexibility index (Phi) is 2.44. The second-order valence-corrected chi connectivity index (χ2v) is 7.83. The van der Waals surface area contributed by atoms with Crippen LogP contribution in [0.3, 0.4) is 0 Å². The Morgan fingerprint density at radius 1 is 1.17 bits per heavy atom. The zero-order valence-electron chi connectivity index (χ0n) is 12.2. The molecule has 3 rings (SSSR count). The van der Waals surface area contributed by atoms with Gasteiger partial charge in [0.1, 0.15) is 5.60 Å². The van der Waals surface area contributed by atoms with Crippen molar-refractivity contribution in [1.82, 2.24) is 0 Å². The van der Waals surface area contributed by atoms with Gasteiger partial charge in [0.25, 0.3) is 0 Å². The van der Waals surface area contributed by atoms with E-state index in [2.05, 4.69) is 27.7 Å². The predicted molar refractivity (Wildman–Crippen MR) is 71.1 cm³/mol. The van der Waals surface area contributed by atoms with Crippen molar-refractivity contribution in [2.75, 3.05) is 0 Å². The molecule has 1 aliphatic heterocycles. The topological polar surface area (TPSA) is 26.3 Å². The Balaban J connectivity index is 2.10. The molecule has 2 aliphatic carbocycles. The van der Waals surface area contributed by atoms with Gasteiger partial charge >= 0.3 is 5.97 Å². The van der Waals surface area contributed by atoms with E-state index in [1.807, 2.05) is 0 Å². The van der Waals surface area contributed by atoms with Gasteiger partial charge in [-0.2, -0.15) is 0 Å². The Labute approximate surface area is 110 Å². The third kappa shape index (κ3) is 1.32. The van der Waals surface area contributed by atoms with Gasteiger partial charge in [-0.25, -0.2) is 0 Å². The van der Waals surface area contributed by atoms with Crippen molar-refractivity contribution in [2.45, 2.75) is 71.8 Å². The van der Waals surface area contributed by atoms with E-state index in [0.717, 1.165) is 6.42 Å². The van der Waals surface area contributed by atoms with Gasteiger partial charge in [-0.15, -0.1) is 0 Å². The minimum absolute atomic E-state index is 0.0500. The van der Waals surface area contributed by atoms with Crippen LogP contribution in [0.25, 0.3) is 0 Å². The Hall–Kier alpha value is -0.530. The summed E-state index contributed by atoms with van der Waals surface area (Å²) in [6.45, 7) is 9.39. The third-order valence-corrected chi connectivity index (χ3v) is 6.63. The van der Waals surface area contributed by atoms with Crippen molar-refractivity contribution >= 4 is 5.97 Å². The van der Waals surface area contributed by atoms with Crippen molar-refractivity contribution in [1.29, 1.82) is 0 Å². The highest BCUT2D eigenvalue weighted by molar-refractivity contribution is 5.74. The molecule has 0 bridgehead atoms.